The molecule has 1 aromatic heterocycles. The fourth-order valence-corrected chi connectivity index (χ4v) is 4.12. The molecule has 0 unspecified atom stereocenters. The lowest BCUT2D eigenvalue weighted by Crippen LogP contribution is -2.35. The van der Waals surface area contributed by atoms with Gasteiger partial charge in [0.15, 0.2) is 0 Å². The van der Waals surface area contributed by atoms with Crippen molar-refractivity contribution >= 4 is 16.0 Å². The zero-order valence-corrected chi connectivity index (χ0v) is 13.7. The highest BCUT2D eigenvalue weighted by molar-refractivity contribution is 7.89. The van der Waals surface area contributed by atoms with Gasteiger partial charge in [-0.05, 0) is 36.6 Å². The van der Waals surface area contributed by atoms with Crippen molar-refractivity contribution in [3.8, 4) is 0 Å². The van der Waals surface area contributed by atoms with Gasteiger partial charge < -0.3 is 5.32 Å². The van der Waals surface area contributed by atoms with Gasteiger partial charge in [-0.3, -0.25) is 0 Å². The Hall–Kier alpha value is -1.99. The molecule has 0 atom stereocenters. The van der Waals surface area contributed by atoms with Gasteiger partial charge in [0.2, 0.25) is 16.0 Å². The molecule has 1 N–H and O–H groups in total. The molecule has 0 saturated carbocycles. The molecule has 1 aliphatic heterocycles. The van der Waals surface area contributed by atoms with Crippen molar-refractivity contribution in [3.63, 3.8) is 0 Å². The van der Waals surface area contributed by atoms with Crippen LogP contribution < -0.4 is 5.32 Å². The predicted molar refractivity (Wildman–Crippen MR) is 88.4 cm³/mol. The van der Waals surface area contributed by atoms with Crippen molar-refractivity contribution in [2.24, 2.45) is 0 Å². The SMILES string of the molecule is O=S(=O)(c1ccc(CNc2ncccn2)cc1)N1CCCCC1. The summed E-state index contributed by atoms with van der Waals surface area (Å²) in [4.78, 5) is 8.53. The van der Waals surface area contributed by atoms with E-state index in [2.05, 4.69) is 15.3 Å². The maximum absolute atomic E-state index is 12.6. The summed E-state index contributed by atoms with van der Waals surface area (Å²) >= 11 is 0. The first kappa shape index (κ1) is 15.9. The van der Waals surface area contributed by atoms with Crippen LogP contribution in [-0.2, 0) is 16.6 Å². The molecule has 0 bridgehead atoms. The average molecular weight is 332 g/mol. The van der Waals surface area contributed by atoms with Gasteiger partial charge in [0, 0.05) is 32.0 Å². The van der Waals surface area contributed by atoms with E-state index in [0.29, 0.717) is 30.5 Å². The Morgan fingerprint density at radius 3 is 2.30 bits per heavy atom. The summed E-state index contributed by atoms with van der Waals surface area (Å²) in [6.45, 7) is 1.79. The largest absolute Gasteiger partial charge is 0.350 e. The summed E-state index contributed by atoms with van der Waals surface area (Å²) in [5, 5.41) is 3.10. The van der Waals surface area contributed by atoms with Crippen LogP contribution in [0.5, 0.6) is 0 Å². The van der Waals surface area contributed by atoms with E-state index >= 15 is 0 Å². The van der Waals surface area contributed by atoms with Crippen LogP contribution in [0.15, 0.2) is 47.6 Å². The normalized spacial score (nSPS) is 16.2. The van der Waals surface area contributed by atoms with E-state index in [-0.39, 0.29) is 0 Å². The monoisotopic (exact) mass is 332 g/mol. The first-order chi connectivity index (χ1) is 11.2. The summed E-state index contributed by atoms with van der Waals surface area (Å²) in [5.41, 5.74) is 0.982. The van der Waals surface area contributed by atoms with Crippen molar-refractivity contribution < 1.29 is 8.42 Å². The van der Waals surface area contributed by atoms with Gasteiger partial charge in [0.1, 0.15) is 0 Å². The highest BCUT2D eigenvalue weighted by Crippen LogP contribution is 2.21. The average Bonchev–Trinajstić information content (AvgIpc) is 2.62. The van der Waals surface area contributed by atoms with Crippen LogP contribution in [0.25, 0.3) is 0 Å². The number of nitrogens with zero attached hydrogens (tertiary/aromatic N) is 3. The Labute approximate surface area is 136 Å². The number of hydrogen-bond acceptors (Lipinski definition) is 5. The van der Waals surface area contributed by atoms with Crippen LogP contribution in [-0.4, -0.2) is 35.8 Å². The number of aromatic nitrogens is 2. The lowest BCUT2D eigenvalue weighted by Gasteiger charge is -2.25. The Kier molecular flexibility index (Phi) is 4.88. The number of rotatable bonds is 5. The van der Waals surface area contributed by atoms with Crippen molar-refractivity contribution in [2.75, 3.05) is 18.4 Å². The minimum absolute atomic E-state index is 0.360. The minimum Gasteiger partial charge on any atom is -0.350 e. The number of benzene rings is 1. The standard InChI is InChI=1S/C16H20N4O2S/c21-23(22,20-11-2-1-3-12-20)15-7-5-14(6-8-15)13-19-16-17-9-4-10-18-16/h4-10H,1-3,11-13H2,(H,17,18,19). The fraction of sp³-hybridized carbons (Fsp3) is 0.375. The number of anilines is 1. The third-order valence-electron chi connectivity index (χ3n) is 3.89. The van der Waals surface area contributed by atoms with Gasteiger partial charge in [0.05, 0.1) is 4.90 Å². The van der Waals surface area contributed by atoms with Crippen LogP contribution in [0, 0.1) is 0 Å². The molecule has 0 aliphatic carbocycles. The van der Waals surface area contributed by atoms with Gasteiger partial charge >= 0.3 is 0 Å². The van der Waals surface area contributed by atoms with Crippen LogP contribution >= 0.6 is 0 Å². The van der Waals surface area contributed by atoms with Crippen molar-refractivity contribution in [1.82, 2.24) is 14.3 Å². The fourth-order valence-electron chi connectivity index (χ4n) is 2.61. The van der Waals surface area contributed by atoms with Crippen LogP contribution in [0.3, 0.4) is 0 Å². The molecule has 0 spiro atoms. The lowest BCUT2D eigenvalue weighted by atomic mass is 10.2. The predicted octanol–water partition coefficient (Wildman–Crippen LogP) is 2.26. The number of sulfonamides is 1. The van der Waals surface area contributed by atoms with Gasteiger partial charge in [-0.15, -0.1) is 0 Å². The first-order valence-electron chi connectivity index (χ1n) is 7.76. The first-order valence-corrected chi connectivity index (χ1v) is 9.20. The molecule has 0 radical (unpaired) electrons. The summed E-state index contributed by atoms with van der Waals surface area (Å²) < 4.78 is 26.7. The van der Waals surface area contributed by atoms with Crippen molar-refractivity contribution in [2.45, 2.75) is 30.7 Å². The molecule has 1 fully saturated rings. The molecule has 7 heteroatoms. The number of piperidine rings is 1. The molecule has 6 nitrogen and oxygen atoms in total. The highest BCUT2D eigenvalue weighted by atomic mass is 32.2. The third kappa shape index (κ3) is 3.86. The summed E-state index contributed by atoms with van der Waals surface area (Å²) in [7, 11) is -3.36. The molecule has 1 saturated heterocycles. The summed E-state index contributed by atoms with van der Waals surface area (Å²) in [5.74, 6) is 0.553. The molecule has 0 amide bonds. The number of hydrogen-bond donors (Lipinski definition) is 1. The zero-order chi connectivity index (χ0) is 16.1. The van der Waals surface area contributed by atoms with Gasteiger partial charge in [-0.25, -0.2) is 18.4 Å². The molecule has 122 valence electrons. The van der Waals surface area contributed by atoms with Crippen molar-refractivity contribution in [3.05, 3.63) is 48.3 Å². The van der Waals surface area contributed by atoms with E-state index < -0.39 is 10.0 Å². The molecule has 2 heterocycles. The minimum atomic E-state index is -3.36. The molecule has 1 aromatic carbocycles. The van der Waals surface area contributed by atoms with Crippen LogP contribution in [0.1, 0.15) is 24.8 Å². The Bertz CT molecular complexity index is 726. The van der Waals surface area contributed by atoms with E-state index in [0.717, 1.165) is 24.8 Å². The van der Waals surface area contributed by atoms with Gasteiger partial charge in [-0.1, -0.05) is 18.6 Å². The third-order valence-corrected chi connectivity index (χ3v) is 5.81. The summed E-state index contributed by atoms with van der Waals surface area (Å²) in [6, 6.07) is 8.75. The Balaban J connectivity index is 1.66. The topological polar surface area (TPSA) is 75.2 Å². The second-order valence-electron chi connectivity index (χ2n) is 5.53. The Morgan fingerprint density at radius 1 is 1.00 bits per heavy atom. The second-order valence-corrected chi connectivity index (χ2v) is 7.47. The van der Waals surface area contributed by atoms with Crippen LogP contribution in [0.4, 0.5) is 5.95 Å². The molecule has 2 aromatic rings. The molecule has 23 heavy (non-hydrogen) atoms. The van der Waals surface area contributed by atoms with Gasteiger partial charge in [0.25, 0.3) is 0 Å². The molecule has 3 rings (SSSR count). The molecular formula is C16H20N4O2S. The molecular weight excluding hydrogens is 312 g/mol. The second kappa shape index (κ2) is 7.06. The maximum Gasteiger partial charge on any atom is 0.243 e. The van der Waals surface area contributed by atoms with Gasteiger partial charge in [-0.2, -0.15) is 4.31 Å². The zero-order valence-electron chi connectivity index (χ0n) is 12.9. The van der Waals surface area contributed by atoms with E-state index in [1.807, 2.05) is 12.1 Å². The number of nitrogens with one attached hydrogen (secondary N) is 1. The maximum atomic E-state index is 12.6. The summed E-state index contributed by atoms with van der Waals surface area (Å²) in [6.07, 6.45) is 6.34. The quantitative estimate of drug-likeness (QED) is 0.909. The lowest BCUT2D eigenvalue weighted by molar-refractivity contribution is 0.346. The molecule has 1 aliphatic rings. The van der Waals surface area contributed by atoms with E-state index in [4.69, 9.17) is 0 Å². The van der Waals surface area contributed by atoms with E-state index in [1.54, 1.807) is 34.9 Å². The van der Waals surface area contributed by atoms with E-state index in [9.17, 15) is 8.42 Å². The smallest absolute Gasteiger partial charge is 0.243 e. The Morgan fingerprint density at radius 2 is 1.65 bits per heavy atom. The highest BCUT2D eigenvalue weighted by Gasteiger charge is 2.25. The van der Waals surface area contributed by atoms with Crippen LogP contribution in [0.2, 0.25) is 0 Å². The van der Waals surface area contributed by atoms with Crippen molar-refractivity contribution in [1.29, 1.82) is 0 Å². The van der Waals surface area contributed by atoms with E-state index in [1.165, 1.54) is 0 Å².